The van der Waals surface area contributed by atoms with Crippen LogP contribution in [0.1, 0.15) is 28.8 Å². The third-order valence-electron chi connectivity index (χ3n) is 6.11. The molecule has 2 aliphatic heterocycles. The van der Waals surface area contributed by atoms with Gasteiger partial charge < -0.3 is 9.80 Å². The molecule has 2 amide bonds. The van der Waals surface area contributed by atoms with Gasteiger partial charge in [-0.15, -0.1) is 6.42 Å². The number of terminal acetylenes is 1. The number of carbonyl (C=O) groups is 2. The number of carbonyl (C=O) groups excluding carboxylic acids is 2. The first-order chi connectivity index (χ1) is 14.9. The Hall–Kier alpha value is -2.88. The predicted octanol–water partition coefficient (Wildman–Crippen LogP) is 3.09. The molecule has 7 heteroatoms. The standard InChI is InChI=1S/C24H23ClFN3O2/c1-2-13-29-22(30)20(16-17-7-4-3-5-8-17)27-24(29)11-14-28(15-12-24)23(31)21-18(25)9-6-10-19(21)26/h1,3-10,20,27H,11-16H2. The van der Waals surface area contributed by atoms with E-state index in [1.54, 1.807) is 9.80 Å². The molecule has 1 atom stereocenters. The number of rotatable bonds is 4. The van der Waals surface area contributed by atoms with E-state index < -0.39 is 17.4 Å². The van der Waals surface area contributed by atoms with Crippen LogP contribution in [0, 0.1) is 18.2 Å². The lowest BCUT2D eigenvalue weighted by Gasteiger charge is -2.44. The third-order valence-corrected chi connectivity index (χ3v) is 6.43. The van der Waals surface area contributed by atoms with Gasteiger partial charge in [0.15, 0.2) is 0 Å². The summed E-state index contributed by atoms with van der Waals surface area (Å²) in [7, 11) is 0. The van der Waals surface area contributed by atoms with Gasteiger partial charge in [0.25, 0.3) is 5.91 Å². The minimum absolute atomic E-state index is 0.0290. The van der Waals surface area contributed by atoms with Crippen LogP contribution in [0.15, 0.2) is 48.5 Å². The summed E-state index contributed by atoms with van der Waals surface area (Å²) in [6.07, 6.45) is 7.12. The minimum Gasteiger partial charge on any atom is -0.338 e. The van der Waals surface area contributed by atoms with Crippen LogP contribution < -0.4 is 5.32 Å². The van der Waals surface area contributed by atoms with Gasteiger partial charge in [0, 0.05) is 25.9 Å². The number of likely N-dealkylation sites (tertiary alicyclic amines) is 1. The zero-order valence-corrected chi connectivity index (χ0v) is 17.7. The number of hydrogen-bond acceptors (Lipinski definition) is 3. The van der Waals surface area contributed by atoms with Crippen LogP contribution in [0.25, 0.3) is 0 Å². The first-order valence-corrected chi connectivity index (χ1v) is 10.6. The third kappa shape index (κ3) is 4.04. The second-order valence-corrected chi connectivity index (χ2v) is 8.34. The number of piperidine rings is 1. The molecule has 0 aliphatic carbocycles. The molecule has 0 radical (unpaired) electrons. The van der Waals surface area contributed by atoms with Gasteiger partial charge in [-0.25, -0.2) is 4.39 Å². The molecule has 1 N–H and O–H groups in total. The van der Waals surface area contributed by atoms with Gasteiger partial charge in [0.1, 0.15) is 5.82 Å². The van der Waals surface area contributed by atoms with E-state index in [0.29, 0.717) is 32.4 Å². The van der Waals surface area contributed by atoms with E-state index in [4.69, 9.17) is 18.0 Å². The fraction of sp³-hybridized carbons (Fsp3) is 0.333. The zero-order valence-electron chi connectivity index (χ0n) is 17.0. The van der Waals surface area contributed by atoms with Crippen molar-refractivity contribution in [1.29, 1.82) is 0 Å². The molecule has 160 valence electrons. The van der Waals surface area contributed by atoms with Crippen LogP contribution in [0.5, 0.6) is 0 Å². The molecule has 5 nitrogen and oxygen atoms in total. The summed E-state index contributed by atoms with van der Waals surface area (Å²) in [5.74, 6) is 1.49. The highest BCUT2D eigenvalue weighted by molar-refractivity contribution is 6.33. The number of hydrogen-bond donors (Lipinski definition) is 1. The maximum absolute atomic E-state index is 14.2. The lowest BCUT2D eigenvalue weighted by atomic mass is 9.95. The lowest BCUT2D eigenvalue weighted by Crippen LogP contribution is -2.59. The van der Waals surface area contributed by atoms with Gasteiger partial charge in [-0.3, -0.25) is 14.9 Å². The molecule has 0 bridgehead atoms. The van der Waals surface area contributed by atoms with Crippen molar-refractivity contribution in [2.45, 2.75) is 31.0 Å². The van der Waals surface area contributed by atoms with Crippen LogP contribution in [-0.2, 0) is 11.2 Å². The first-order valence-electron chi connectivity index (χ1n) is 10.2. The minimum atomic E-state index is -0.635. The van der Waals surface area contributed by atoms with E-state index in [2.05, 4.69) is 11.2 Å². The largest absolute Gasteiger partial charge is 0.338 e. The number of amides is 2. The van der Waals surface area contributed by atoms with E-state index in [1.807, 2.05) is 30.3 Å². The normalized spacial score (nSPS) is 20.2. The van der Waals surface area contributed by atoms with Crippen molar-refractivity contribution in [1.82, 2.24) is 15.1 Å². The Morgan fingerprint density at radius 1 is 1.19 bits per heavy atom. The summed E-state index contributed by atoms with van der Waals surface area (Å²) in [6.45, 7) is 0.927. The molecule has 0 saturated carbocycles. The Bertz CT molecular complexity index is 1010. The second-order valence-electron chi connectivity index (χ2n) is 7.94. The zero-order chi connectivity index (χ0) is 22.0. The van der Waals surface area contributed by atoms with E-state index in [-0.39, 0.29) is 29.1 Å². The van der Waals surface area contributed by atoms with Gasteiger partial charge in [0.2, 0.25) is 5.91 Å². The van der Waals surface area contributed by atoms with Crippen molar-refractivity contribution < 1.29 is 14.0 Å². The number of nitrogens with zero attached hydrogens (tertiary/aromatic N) is 2. The topological polar surface area (TPSA) is 52.7 Å². The molecule has 2 heterocycles. The molecular weight excluding hydrogens is 417 g/mol. The van der Waals surface area contributed by atoms with Crippen molar-refractivity contribution in [2.75, 3.05) is 19.6 Å². The van der Waals surface area contributed by atoms with Gasteiger partial charge in [0.05, 0.1) is 28.8 Å². The first kappa shape index (κ1) is 21.4. The maximum atomic E-state index is 14.2. The van der Waals surface area contributed by atoms with Gasteiger partial charge in [-0.1, -0.05) is 53.9 Å². The SMILES string of the molecule is C#CCN1C(=O)C(Cc2ccccc2)NC12CCN(C(=O)c1c(F)cccc1Cl)CC2. The molecule has 1 spiro atoms. The van der Waals surface area contributed by atoms with Crippen molar-refractivity contribution in [3.05, 3.63) is 70.5 Å². The van der Waals surface area contributed by atoms with Crippen molar-refractivity contribution in [2.24, 2.45) is 0 Å². The Balaban J connectivity index is 1.51. The average Bonchev–Trinajstić information content (AvgIpc) is 3.00. The van der Waals surface area contributed by atoms with E-state index in [1.165, 1.54) is 18.2 Å². The predicted molar refractivity (Wildman–Crippen MR) is 117 cm³/mol. The molecule has 2 saturated heterocycles. The Labute approximate surface area is 186 Å². The Kier molecular flexibility index (Phi) is 5.99. The van der Waals surface area contributed by atoms with E-state index in [9.17, 15) is 14.0 Å². The Morgan fingerprint density at radius 2 is 1.90 bits per heavy atom. The number of nitrogens with one attached hydrogen (secondary N) is 1. The summed E-state index contributed by atoms with van der Waals surface area (Å²) < 4.78 is 14.2. The Morgan fingerprint density at radius 3 is 2.55 bits per heavy atom. The van der Waals surface area contributed by atoms with E-state index in [0.717, 1.165) is 5.56 Å². The van der Waals surface area contributed by atoms with Crippen LogP contribution in [-0.4, -0.2) is 53.0 Å². The summed E-state index contributed by atoms with van der Waals surface area (Å²) in [5, 5.41) is 3.60. The summed E-state index contributed by atoms with van der Waals surface area (Å²) in [4.78, 5) is 29.3. The number of halogens is 2. The van der Waals surface area contributed by atoms with Crippen LogP contribution >= 0.6 is 11.6 Å². The molecule has 2 aromatic rings. The molecular formula is C24H23ClFN3O2. The van der Waals surface area contributed by atoms with Crippen molar-refractivity contribution in [3.63, 3.8) is 0 Å². The smallest absolute Gasteiger partial charge is 0.258 e. The van der Waals surface area contributed by atoms with Crippen LogP contribution in [0.3, 0.4) is 0 Å². The maximum Gasteiger partial charge on any atom is 0.258 e. The molecule has 4 rings (SSSR count). The number of benzene rings is 2. The van der Waals surface area contributed by atoms with Crippen LogP contribution in [0.4, 0.5) is 4.39 Å². The lowest BCUT2D eigenvalue weighted by molar-refractivity contribution is -0.132. The second kappa shape index (κ2) is 8.70. The fourth-order valence-corrected chi connectivity index (χ4v) is 4.77. The highest BCUT2D eigenvalue weighted by atomic mass is 35.5. The molecule has 2 aliphatic rings. The molecule has 2 aromatic carbocycles. The van der Waals surface area contributed by atoms with Gasteiger partial charge >= 0.3 is 0 Å². The molecule has 31 heavy (non-hydrogen) atoms. The van der Waals surface area contributed by atoms with Crippen molar-refractivity contribution >= 4 is 23.4 Å². The molecule has 1 unspecified atom stereocenters. The van der Waals surface area contributed by atoms with E-state index >= 15 is 0 Å². The molecule has 0 aromatic heterocycles. The van der Waals surface area contributed by atoms with Gasteiger partial charge in [-0.2, -0.15) is 0 Å². The average molecular weight is 440 g/mol. The van der Waals surface area contributed by atoms with Gasteiger partial charge in [-0.05, 0) is 24.1 Å². The molecule has 2 fully saturated rings. The quantitative estimate of drug-likeness (QED) is 0.745. The monoisotopic (exact) mass is 439 g/mol. The summed E-state index contributed by atoms with van der Waals surface area (Å²) in [5.41, 5.74) is 0.337. The fourth-order valence-electron chi connectivity index (χ4n) is 4.53. The highest BCUT2D eigenvalue weighted by Crippen LogP contribution is 2.34. The van der Waals surface area contributed by atoms with Crippen molar-refractivity contribution in [3.8, 4) is 12.3 Å². The highest BCUT2D eigenvalue weighted by Gasteiger charge is 2.51. The van der Waals surface area contributed by atoms with Crippen LogP contribution in [0.2, 0.25) is 5.02 Å². The summed E-state index contributed by atoms with van der Waals surface area (Å²) in [6, 6.07) is 13.6. The summed E-state index contributed by atoms with van der Waals surface area (Å²) >= 11 is 6.07.